The molecule has 0 bridgehead atoms. The highest BCUT2D eigenvalue weighted by Crippen LogP contribution is 2.41. The van der Waals surface area contributed by atoms with Gasteiger partial charge in [-0.2, -0.15) is 0 Å². The summed E-state index contributed by atoms with van der Waals surface area (Å²) in [5, 5.41) is 0. The SMILES string of the molecule is CC(C)(C)OC(=O)C=Cc1ccc(-c2cccc3c2Cc2ccccc2-3)cc1C=CC(=O)OC(C)(C)C. The van der Waals surface area contributed by atoms with Gasteiger partial charge in [0.25, 0.3) is 0 Å². The van der Waals surface area contributed by atoms with E-state index in [1.54, 1.807) is 12.2 Å². The number of esters is 2. The number of carbonyl (C=O) groups excluding carboxylic acids is 2. The minimum absolute atomic E-state index is 0.419. The highest BCUT2D eigenvalue weighted by Gasteiger charge is 2.21. The van der Waals surface area contributed by atoms with Crippen molar-refractivity contribution in [2.45, 2.75) is 59.2 Å². The van der Waals surface area contributed by atoms with Crippen LogP contribution in [-0.4, -0.2) is 23.1 Å². The van der Waals surface area contributed by atoms with E-state index in [1.165, 1.54) is 34.4 Å². The Morgan fingerprint density at radius 2 is 1.24 bits per heavy atom. The van der Waals surface area contributed by atoms with Gasteiger partial charge in [-0.1, -0.05) is 54.6 Å². The summed E-state index contributed by atoms with van der Waals surface area (Å²) >= 11 is 0. The summed E-state index contributed by atoms with van der Waals surface area (Å²) in [7, 11) is 0. The Morgan fingerprint density at radius 3 is 1.89 bits per heavy atom. The molecule has 0 atom stereocenters. The van der Waals surface area contributed by atoms with E-state index < -0.39 is 23.1 Å². The summed E-state index contributed by atoms with van der Waals surface area (Å²) in [5.41, 5.74) is 7.80. The van der Waals surface area contributed by atoms with Crippen LogP contribution in [0.4, 0.5) is 0 Å². The number of carbonyl (C=O) groups is 2. The van der Waals surface area contributed by atoms with E-state index in [9.17, 15) is 9.59 Å². The van der Waals surface area contributed by atoms with Crippen molar-refractivity contribution in [2.24, 2.45) is 0 Å². The topological polar surface area (TPSA) is 52.6 Å². The van der Waals surface area contributed by atoms with Crippen LogP contribution in [0.15, 0.2) is 72.8 Å². The van der Waals surface area contributed by atoms with Crippen molar-refractivity contribution < 1.29 is 19.1 Å². The van der Waals surface area contributed by atoms with Crippen molar-refractivity contribution in [3.63, 3.8) is 0 Å². The molecule has 3 aromatic rings. The van der Waals surface area contributed by atoms with Crippen LogP contribution in [0.25, 0.3) is 34.4 Å². The Labute approximate surface area is 219 Å². The number of rotatable bonds is 5. The molecule has 0 spiro atoms. The van der Waals surface area contributed by atoms with Crippen LogP contribution in [0.2, 0.25) is 0 Å². The Morgan fingerprint density at radius 1 is 0.676 bits per heavy atom. The highest BCUT2D eigenvalue weighted by molar-refractivity contribution is 5.92. The number of hydrogen-bond donors (Lipinski definition) is 0. The molecular formula is C33H34O4. The molecule has 1 aliphatic rings. The minimum Gasteiger partial charge on any atom is -0.457 e. The second-order valence-electron chi connectivity index (χ2n) is 11.2. The first-order valence-corrected chi connectivity index (χ1v) is 12.6. The fourth-order valence-corrected chi connectivity index (χ4v) is 4.45. The molecule has 4 heteroatoms. The first kappa shape index (κ1) is 26.2. The van der Waals surface area contributed by atoms with Crippen molar-refractivity contribution in [1.82, 2.24) is 0 Å². The molecule has 0 unspecified atom stereocenters. The lowest BCUT2D eigenvalue weighted by Crippen LogP contribution is -2.22. The monoisotopic (exact) mass is 494 g/mol. The smallest absolute Gasteiger partial charge is 0.331 e. The van der Waals surface area contributed by atoms with Gasteiger partial charge < -0.3 is 9.47 Å². The Bertz CT molecular complexity index is 1390. The standard InChI is InChI=1S/C33H34O4/c1-32(2,3)36-30(34)18-16-22-14-15-25(20-23(22)17-19-31(35)37-33(4,5)6)27-12-9-13-28-26-11-8-7-10-24(26)21-29(27)28/h7-20H,21H2,1-6H3. The third kappa shape index (κ3) is 6.65. The highest BCUT2D eigenvalue weighted by atomic mass is 16.6. The van der Waals surface area contributed by atoms with E-state index in [-0.39, 0.29) is 0 Å². The zero-order valence-electron chi connectivity index (χ0n) is 22.4. The van der Waals surface area contributed by atoms with Crippen molar-refractivity contribution in [3.05, 3.63) is 95.1 Å². The summed E-state index contributed by atoms with van der Waals surface area (Å²) in [6, 6.07) is 21.0. The number of ether oxygens (including phenoxy) is 2. The predicted molar refractivity (Wildman–Crippen MR) is 150 cm³/mol. The fourth-order valence-electron chi connectivity index (χ4n) is 4.45. The van der Waals surface area contributed by atoms with E-state index in [2.05, 4.69) is 48.5 Å². The van der Waals surface area contributed by atoms with E-state index in [4.69, 9.17) is 9.47 Å². The minimum atomic E-state index is -0.581. The van der Waals surface area contributed by atoms with E-state index in [0.29, 0.717) is 0 Å². The molecule has 0 amide bonds. The molecule has 0 saturated heterocycles. The van der Waals surface area contributed by atoms with Gasteiger partial charge in [-0.25, -0.2) is 9.59 Å². The second-order valence-corrected chi connectivity index (χ2v) is 11.2. The van der Waals surface area contributed by atoms with Gasteiger partial charge in [-0.3, -0.25) is 0 Å². The van der Waals surface area contributed by atoms with Crippen molar-refractivity contribution >= 4 is 24.1 Å². The molecule has 0 fully saturated rings. The Balaban J connectivity index is 1.72. The van der Waals surface area contributed by atoms with Crippen molar-refractivity contribution in [3.8, 4) is 22.3 Å². The van der Waals surface area contributed by atoms with Gasteiger partial charge in [0, 0.05) is 12.2 Å². The molecule has 0 N–H and O–H groups in total. The summed E-state index contributed by atoms with van der Waals surface area (Å²) in [4.78, 5) is 24.7. The van der Waals surface area contributed by atoms with Crippen LogP contribution in [-0.2, 0) is 25.5 Å². The third-order valence-electron chi connectivity index (χ3n) is 5.86. The van der Waals surface area contributed by atoms with Gasteiger partial charge in [0.2, 0.25) is 0 Å². The van der Waals surface area contributed by atoms with Crippen LogP contribution < -0.4 is 0 Å². The lowest BCUT2D eigenvalue weighted by atomic mass is 9.93. The van der Waals surface area contributed by atoms with Gasteiger partial charge in [-0.05, 0) is 111 Å². The van der Waals surface area contributed by atoms with Crippen LogP contribution >= 0.6 is 0 Å². The molecule has 0 aliphatic heterocycles. The van der Waals surface area contributed by atoms with Crippen LogP contribution in [0.3, 0.4) is 0 Å². The third-order valence-corrected chi connectivity index (χ3v) is 5.86. The number of hydrogen-bond acceptors (Lipinski definition) is 4. The zero-order chi connectivity index (χ0) is 26.8. The van der Waals surface area contributed by atoms with Gasteiger partial charge >= 0.3 is 11.9 Å². The van der Waals surface area contributed by atoms with Gasteiger partial charge in [0.1, 0.15) is 11.2 Å². The molecule has 4 nitrogen and oxygen atoms in total. The lowest BCUT2D eigenvalue weighted by molar-refractivity contribution is -0.149. The first-order chi connectivity index (χ1) is 17.4. The molecule has 0 radical (unpaired) electrons. The molecule has 3 aromatic carbocycles. The van der Waals surface area contributed by atoms with E-state index >= 15 is 0 Å². The largest absolute Gasteiger partial charge is 0.457 e. The van der Waals surface area contributed by atoms with Crippen LogP contribution in [0.1, 0.15) is 63.8 Å². The number of benzene rings is 3. The maximum atomic E-state index is 12.4. The molecule has 37 heavy (non-hydrogen) atoms. The molecule has 190 valence electrons. The maximum absolute atomic E-state index is 12.4. The predicted octanol–water partition coefficient (Wildman–Crippen LogP) is 7.63. The van der Waals surface area contributed by atoms with E-state index in [0.717, 1.165) is 28.7 Å². The Hall–Kier alpha value is -3.92. The average Bonchev–Trinajstić information content (AvgIpc) is 3.18. The first-order valence-electron chi connectivity index (χ1n) is 12.6. The lowest BCUT2D eigenvalue weighted by Gasteiger charge is -2.18. The molecule has 0 aromatic heterocycles. The van der Waals surface area contributed by atoms with Gasteiger partial charge in [0.05, 0.1) is 0 Å². The molecule has 0 saturated carbocycles. The summed E-state index contributed by atoms with van der Waals surface area (Å²) in [6.07, 6.45) is 7.19. The zero-order valence-corrected chi connectivity index (χ0v) is 22.4. The second kappa shape index (κ2) is 10.2. The number of fused-ring (bicyclic) bond motifs is 3. The normalized spacial score (nSPS) is 13.0. The average molecular weight is 495 g/mol. The van der Waals surface area contributed by atoms with Crippen LogP contribution in [0.5, 0.6) is 0 Å². The van der Waals surface area contributed by atoms with Crippen molar-refractivity contribution in [2.75, 3.05) is 0 Å². The summed E-state index contributed by atoms with van der Waals surface area (Å²) in [6.45, 7) is 11.0. The summed E-state index contributed by atoms with van der Waals surface area (Å²) in [5.74, 6) is -0.840. The molecule has 1 aliphatic carbocycles. The molecule has 0 heterocycles. The van der Waals surface area contributed by atoms with Crippen molar-refractivity contribution in [1.29, 1.82) is 0 Å². The van der Waals surface area contributed by atoms with Gasteiger partial charge in [0.15, 0.2) is 0 Å². The van der Waals surface area contributed by atoms with Crippen LogP contribution in [0, 0.1) is 0 Å². The molecular weight excluding hydrogens is 460 g/mol. The quantitative estimate of drug-likeness (QED) is 0.211. The summed E-state index contributed by atoms with van der Waals surface area (Å²) < 4.78 is 10.9. The Kier molecular flexibility index (Phi) is 7.22. The molecule has 4 rings (SSSR count). The fraction of sp³-hybridized carbons (Fsp3) is 0.273. The maximum Gasteiger partial charge on any atom is 0.331 e. The van der Waals surface area contributed by atoms with Gasteiger partial charge in [-0.15, -0.1) is 0 Å². The van der Waals surface area contributed by atoms with E-state index in [1.807, 2.05) is 53.7 Å².